The van der Waals surface area contributed by atoms with Gasteiger partial charge < -0.3 is 25.2 Å². The van der Waals surface area contributed by atoms with Crippen LogP contribution >= 0.6 is 0 Å². The lowest BCUT2D eigenvalue weighted by Crippen LogP contribution is -2.51. The summed E-state index contributed by atoms with van der Waals surface area (Å²) < 4.78 is 12.7. The number of anilines is 1. The fourth-order valence-electron chi connectivity index (χ4n) is 4.99. The molecule has 1 heterocycles. The van der Waals surface area contributed by atoms with Gasteiger partial charge in [-0.2, -0.15) is 5.10 Å². The third kappa shape index (κ3) is 6.12. The molecule has 10 heteroatoms. The quantitative estimate of drug-likeness (QED) is 0.262. The van der Waals surface area contributed by atoms with Gasteiger partial charge in [0.05, 0.1) is 12.7 Å². The summed E-state index contributed by atoms with van der Waals surface area (Å²) in [6, 6.07) is 25.5. The Hall–Kier alpha value is -4.96. The third-order valence-corrected chi connectivity index (χ3v) is 7.07. The summed E-state index contributed by atoms with van der Waals surface area (Å²) in [7, 11) is 1.46. The van der Waals surface area contributed by atoms with Crippen molar-refractivity contribution in [1.29, 1.82) is 0 Å². The highest BCUT2D eigenvalue weighted by Crippen LogP contribution is 2.44. The second-order valence-electron chi connectivity index (χ2n) is 9.78. The van der Waals surface area contributed by atoms with Crippen molar-refractivity contribution in [3.63, 3.8) is 0 Å². The lowest BCUT2D eigenvalue weighted by atomic mass is 9.98. The van der Waals surface area contributed by atoms with Crippen molar-refractivity contribution in [3.8, 4) is 11.1 Å². The zero-order valence-corrected chi connectivity index (χ0v) is 22.6. The van der Waals surface area contributed by atoms with E-state index in [-0.39, 0.29) is 30.6 Å². The summed E-state index contributed by atoms with van der Waals surface area (Å²) in [5, 5.41) is 18.6. The van der Waals surface area contributed by atoms with Crippen LogP contribution in [0, 0.1) is 0 Å². The summed E-state index contributed by atoms with van der Waals surface area (Å²) in [6.07, 6.45) is -1.55. The van der Waals surface area contributed by atoms with E-state index in [1.807, 2.05) is 78.9 Å². The van der Waals surface area contributed by atoms with Crippen molar-refractivity contribution in [2.75, 3.05) is 11.9 Å². The molecule has 0 saturated heterocycles. The number of hydrogen-bond acceptors (Lipinski definition) is 6. The third-order valence-electron chi connectivity index (χ3n) is 7.07. The SMILES string of the molecule is CC(OCc1ccccc1)C(NC(=O)OCC1c2ccccc2-c2ccccc21)C(=O)Nc1cc(C(=O)O)n(C)n1. The predicted molar refractivity (Wildman–Crippen MR) is 151 cm³/mol. The monoisotopic (exact) mass is 554 g/mol. The first-order valence-corrected chi connectivity index (χ1v) is 13.2. The molecule has 1 aliphatic carbocycles. The molecule has 10 nitrogen and oxygen atoms in total. The Bertz CT molecular complexity index is 1520. The Kier molecular flexibility index (Phi) is 8.11. The Labute approximate surface area is 236 Å². The van der Waals surface area contributed by atoms with E-state index in [9.17, 15) is 19.5 Å². The minimum Gasteiger partial charge on any atom is -0.477 e. The van der Waals surface area contributed by atoms with Crippen LogP contribution < -0.4 is 10.6 Å². The summed E-state index contributed by atoms with van der Waals surface area (Å²) >= 11 is 0. The first-order chi connectivity index (χ1) is 19.8. The van der Waals surface area contributed by atoms with Crippen molar-refractivity contribution >= 4 is 23.8 Å². The molecule has 0 radical (unpaired) electrons. The second kappa shape index (κ2) is 12.1. The van der Waals surface area contributed by atoms with E-state index in [1.54, 1.807) is 6.92 Å². The van der Waals surface area contributed by atoms with E-state index in [0.717, 1.165) is 32.5 Å². The molecule has 0 saturated carbocycles. The van der Waals surface area contributed by atoms with E-state index >= 15 is 0 Å². The number of hydrogen-bond donors (Lipinski definition) is 3. The molecular weight excluding hydrogens is 524 g/mol. The van der Waals surface area contributed by atoms with Gasteiger partial charge in [0, 0.05) is 19.0 Å². The largest absolute Gasteiger partial charge is 0.477 e. The van der Waals surface area contributed by atoms with Crippen LogP contribution in [0.2, 0.25) is 0 Å². The van der Waals surface area contributed by atoms with Crippen LogP contribution in [0.5, 0.6) is 0 Å². The van der Waals surface area contributed by atoms with E-state index in [0.29, 0.717) is 0 Å². The summed E-state index contributed by atoms with van der Waals surface area (Å²) in [4.78, 5) is 37.8. The number of benzene rings is 3. The van der Waals surface area contributed by atoms with Crippen molar-refractivity contribution in [3.05, 3.63) is 107 Å². The average molecular weight is 555 g/mol. The van der Waals surface area contributed by atoms with Gasteiger partial charge >= 0.3 is 12.1 Å². The number of carbonyl (C=O) groups is 3. The number of aromatic nitrogens is 2. The predicted octanol–water partition coefficient (Wildman–Crippen LogP) is 4.57. The number of fused-ring (bicyclic) bond motifs is 3. The van der Waals surface area contributed by atoms with Crippen LogP contribution in [-0.2, 0) is 27.9 Å². The molecule has 5 rings (SSSR count). The van der Waals surface area contributed by atoms with Gasteiger partial charge in [0.1, 0.15) is 18.3 Å². The maximum Gasteiger partial charge on any atom is 0.407 e. The van der Waals surface area contributed by atoms with Crippen LogP contribution in [0.25, 0.3) is 11.1 Å². The first-order valence-electron chi connectivity index (χ1n) is 13.2. The number of carboxylic acids is 1. The maximum absolute atomic E-state index is 13.3. The number of ether oxygens (including phenoxy) is 2. The molecule has 2 atom stereocenters. The normalized spacial score (nSPS) is 13.5. The number of aromatic carboxylic acids is 1. The molecule has 0 spiro atoms. The van der Waals surface area contributed by atoms with Crippen LogP contribution in [0.3, 0.4) is 0 Å². The minimum absolute atomic E-state index is 0.0319. The molecule has 3 aromatic carbocycles. The van der Waals surface area contributed by atoms with Crippen LogP contribution in [0.4, 0.5) is 10.6 Å². The molecule has 0 aliphatic heterocycles. The summed E-state index contributed by atoms with van der Waals surface area (Å²) in [6.45, 7) is 1.96. The van der Waals surface area contributed by atoms with Crippen molar-refractivity contribution in [1.82, 2.24) is 15.1 Å². The Morgan fingerprint density at radius 2 is 1.56 bits per heavy atom. The fraction of sp³-hybridized carbons (Fsp3) is 0.226. The molecule has 2 unspecified atom stereocenters. The zero-order valence-electron chi connectivity index (χ0n) is 22.6. The highest BCUT2D eigenvalue weighted by Gasteiger charge is 2.32. The second-order valence-corrected chi connectivity index (χ2v) is 9.78. The molecule has 0 fully saturated rings. The summed E-state index contributed by atoms with van der Waals surface area (Å²) in [5.41, 5.74) is 5.14. The molecule has 0 bridgehead atoms. The average Bonchev–Trinajstić information content (AvgIpc) is 3.51. The Morgan fingerprint density at radius 1 is 0.951 bits per heavy atom. The van der Waals surface area contributed by atoms with Crippen molar-refractivity contribution in [2.24, 2.45) is 7.05 Å². The van der Waals surface area contributed by atoms with Gasteiger partial charge in [-0.05, 0) is 34.7 Å². The summed E-state index contributed by atoms with van der Waals surface area (Å²) in [5.74, 6) is -1.93. The number of carboxylic acid groups (broad SMARTS) is 1. The number of amides is 2. The number of alkyl carbamates (subject to hydrolysis) is 1. The van der Waals surface area contributed by atoms with Crippen LogP contribution in [0.15, 0.2) is 84.9 Å². The van der Waals surface area contributed by atoms with Gasteiger partial charge in [-0.15, -0.1) is 0 Å². The number of nitrogens with one attached hydrogen (secondary N) is 2. The lowest BCUT2D eigenvalue weighted by molar-refractivity contribution is -0.122. The molecule has 210 valence electrons. The van der Waals surface area contributed by atoms with Crippen LogP contribution in [-0.4, -0.2) is 51.6 Å². The number of rotatable bonds is 10. The van der Waals surface area contributed by atoms with Gasteiger partial charge in [0.15, 0.2) is 5.82 Å². The smallest absolute Gasteiger partial charge is 0.407 e. The van der Waals surface area contributed by atoms with Crippen molar-refractivity contribution < 1.29 is 29.0 Å². The molecule has 41 heavy (non-hydrogen) atoms. The Morgan fingerprint density at radius 3 is 2.17 bits per heavy atom. The highest BCUT2D eigenvalue weighted by atomic mass is 16.5. The van der Waals surface area contributed by atoms with E-state index in [1.165, 1.54) is 13.1 Å². The molecular formula is C31H30N4O6. The number of aryl methyl sites for hydroxylation is 1. The van der Waals surface area contributed by atoms with E-state index in [4.69, 9.17) is 9.47 Å². The molecule has 3 N–H and O–H groups in total. The lowest BCUT2D eigenvalue weighted by Gasteiger charge is -2.24. The van der Waals surface area contributed by atoms with Gasteiger partial charge in [0.2, 0.25) is 0 Å². The number of carbonyl (C=O) groups excluding carboxylic acids is 2. The highest BCUT2D eigenvalue weighted by molar-refractivity contribution is 5.97. The first kappa shape index (κ1) is 27.6. The van der Waals surface area contributed by atoms with Crippen LogP contribution in [0.1, 0.15) is 40.0 Å². The molecule has 1 aliphatic rings. The standard InChI is InChI=1S/C31H30N4O6/c1-19(40-17-20-10-4-3-5-11-20)28(29(36)32-27-16-26(30(37)38)35(2)34-27)33-31(39)41-18-25-23-14-8-6-12-21(23)22-13-7-9-15-24(22)25/h3-16,19,25,28H,17-18H2,1-2H3,(H,33,39)(H,37,38)(H,32,34,36). The fourth-order valence-corrected chi connectivity index (χ4v) is 4.99. The van der Waals surface area contributed by atoms with Gasteiger partial charge in [-0.3, -0.25) is 9.48 Å². The van der Waals surface area contributed by atoms with Gasteiger partial charge in [0.25, 0.3) is 5.91 Å². The van der Waals surface area contributed by atoms with Gasteiger partial charge in [-0.25, -0.2) is 9.59 Å². The molecule has 4 aromatic rings. The van der Waals surface area contributed by atoms with Gasteiger partial charge in [-0.1, -0.05) is 78.9 Å². The number of nitrogens with zero attached hydrogens (tertiary/aromatic N) is 2. The van der Waals surface area contributed by atoms with Crippen molar-refractivity contribution in [2.45, 2.75) is 31.6 Å². The molecule has 2 amide bonds. The molecule has 1 aromatic heterocycles. The zero-order chi connectivity index (χ0) is 28.9. The van der Waals surface area contributed by atoms with E-state index < -0.39 is 30.1 Å². The Balaban J connectivity index is 1.29. The topological polar surface area (TPSA) is 132 Å². The minimum atomic E-state index is -1.19. The maximum atomic E-state index is 13.3. The van der Waals surface area contributed by atoms with E-state index in [2.05, 4.69) is 15.7 Å².